The van der Waals surface area contributed by atoms with Crippen LogP contribution in [0, 0.1) is 0 Å². The van der Waals surface area contributed by atoms with Gasteiger partial charge in [-0.15, -0.1) is 11.3 Å². The zero-order chi connectivity index (χ0) is 15.6. The Balaban J connectivity index is 2.31. The van der Waals surface area contributed by atoms with E-state index in [1.807, 2.05) is 0 Å². The minimum absolute atomic E-state index is 0.00306. The van der Waals surface area contributed by atoms with E-state index in [-0.39, 0.29) is 21.6 Å². The van der Waals surface area contributed by atoms with Crippen LogP contribution in [-0.4, -0.2) is 46.9 Å². The minimum Gasteiger partial charge on any atom is -0.396 e. The van der Waals surface area contributed by atoms with Gasteiger partial charge < -0.3 is 21.1 Å². The summed E-state index contributed by atoms with van der Waals surface area (Å²) in [6, 6.07) is 0. The second-order valence-electron chi connectivity index (χ2n) is 4.87. The van der Waals surface area contributed by atoms with Crippen LogP contribution in [0.1, 0.15) is 22.5 Å². The number of nitrogens with two attached hydrogens (primary N) is 1. The summed E-state index contributed by atoms with van der Waals surface area (Å²) in [5.41, 5.74) is 5.85. The van der Waals surface area contributed by atoms with Crippen LogP contribution in [0.25, 0.3) is 0 Å². The topological polar surface area (TPSA) is 111 Å². The standard InChI is InChI=1S/C12H19N3O4S2/c1-14-11(16)9-8(13)10(21(2,17)18)12(20-9)15-6-7-4-3-5-19-7/h7,15H,3-6,13H2,1-2H3,(H,14,16). The molecule has 1 amide bonds. The van der Waals surface area contributed by atoms with Crippen molar-refractivity contribution >= 4 is 37.8 Å². The highest BCUT2D eigenvalue weighted by atomic mass is 32.2. The summed E-state index contributed by atoms with van der Waals surface area (Å²) >= 11 is 1.05. The molecule has 1 aromatic heterocycles. The first-order chi connectivity index (χ1) is 9.84. The first-order valence-corrected chi connectivity index (χ1v) is 9.25. The Labute approximate surface area is 127 Å². The third kappa shape index (κ3) is 3.47. The maximum absolute atomic E-state index is 11.9. The molecule has 0 saturated carbocycles. The van der Waals surface area contributed by atoms with E-state index in [1.165, 1.54) is 7.05 Å². The normalized spacial score (nSPS) is 18.7. The molecule has 1 aromatic rings. The van der Waals surface area contributed by atoms with Gasteiger partial charge in [0.05, 0.1) is 11.8 Å². The third-order valence-electron chi connectivity index (χ3n) is 3.22. The van der Waals surface area contributed by atoms with Gasteiger partial charge in [0.15, 0.2) is 9.84 Å². The van der Waals surface area contributed by atoms with E-state index in [4.69, 9.17) is 10.5 Å². The van der Waals surface area contributed by atoms with Crippen LogP contribution < -0.4 is 16.4 Å². The van der Waals surface area contributed by atoms with Gasteiger partial charge in [-0.05, 0) is 12.8 Å². The van der Waals surface area contributed by atoms with Gasteiger partial charge in [-0.3, -0.25) is 4.79 Å². The quantitative estimate of drug-likeness (QED) is 0.731. The van der Waals surface area contributed by atoms with Crippen molar-refractivity contribution in [2.75, 3.05) is 37.5 Å². The lowest BCUT2D eigenvalue weighted by atomic mass is 10.2. The maximum atomic E-state index is 11.9. The number of nitrogens with one attached hydrogen (secondary N) is 2. The first-order valence-electron chi connectivity index (χ1n) is 6.54. The molecule has 1 unspecified atom stereocenters. The van der Waals surface area contributed by atoms with E-state index in [2.05, 4.69) is 10.6 Å². The molecule has 1 fully saturated rings. The Morgan fingerprint density at radius 2 is 2.24 bits per heavy atom. The van der Waals surface area contributed by atoms with E-state index < -0.39 is 15.7 Å². The van der Waals surface area contributed by atoms with Gasteiger partial charge in [-0.25, -0.2) is 8.42 Å². The lowest BCUT2D eigenvalue weighted by molar-refractivity contribution is 0.0968. The molecule has 1 aliphatic heterocycles. The van der Waals surface area contributed by atoms with Gasteiger partial charge in [0, 0.05) is 26.5 Å². The Morgan fingerprint density at radius 3 is 2.76 bits per heavy atom. The fourth-order valence-corrected chi connectivity index (χ4v) is 4.73. The van der Waals surface area contributed by atoms with E-state index in [0.717, 1.165) is 37.0 Å². The molecule has 2 heterocycles. The highest BCUT2D eigenvalue weighted by Crippen LogP contribution is 2.39. The number of amides is 1. The van der Waals surface area contributed by atoms with Crippen LogP contribution >= 0.6 is 11.3 Å². The summed E-state index contributed by atoms with van der Waals surface area (Å²) in [6.45, 7) is 1.22. The second kappa shape index (κ2) is 6.20. The largest absolute Gasteiger partial charge is 0.396 e. The lowest BCUT2D eigenvalue weighted by Crippen LogP contribution is -2.19. The van der Waals surface area contributed by atoms with Gasteiger partial charge in [0.1, 0.15) is 14.8 Å². The zero-order valence-corrected chi connectivity index (χ0v) is 13.6. The number of anilines is 2. The molecule has 4 N–H and O–H groups in total. The van der Waals surface area contributed by atoms with E-state index in [9.17, 15) is 13.2 Å². The molecule has 118 valence electrons. The van der Waals surface area contributed by atoms with Crippen LogP contribution in [0.15, 0.2) is 4.90 Å². The Bertz CT molecular complexity index is 633. The molecule has 1 aliphatic rings. The van der Waals surface area contributed by atoms with E-state index >= 15 is 0 Å². The van der Waals surface area contributed by atoms with Crippen molar-refractivity contribution < 1.29 is 17.9 Å². The predicted octanol–water partition coefficient (Wildman–Crippen LogP) is 0.684. The molecule has 0 aromatic carbocycles. The molecule has 9 heteroatoms. The Kier molecular flexibility index (Phi) is 4.74. The number of nitrogen functional groups attached to an aromatic ring is 1. The summed E-state index contributed by atoms with van der Waals surface area (Å²) < 4.78 is 29.3. The SMILES string of the molecule is CNC(=O)c1sc(NCC2CCCO2)c(S(C)(=O)=O)c1N. The van der Waals surface area contributed by atoms with Crippen molar-refractivity contribution in [1.82, 2.24) is 5.32 Å². The van der Waals surface area contributed by atoms with E-state index in [0.29, 0.717) is 11.5 Å². The Morgan fingerprint density at radius 1 is 1.52 bits per heavy atom. The van der Waals surface area contributed by atoms with Gasteiger partial charge in [0.2, 0.25) is 0 Å². The fourth-order valence-electron chi connectivity index (χ4n) is 2.21. The van der Waals surface area contributed by atoms with Crippen molar-refractivity contribution in [1.29, 1.82) is 0 Å². The number of sulfone groups is 1. The van der Waals surface area contributed by atoms with Crippen molar-refractivity contribution in [2.45, 2.75) is 23.8 Å². The molecule has 0 aliphatic carbocycles. The van der Waals surface area contributed by atoms with Gasteiger partial charge in [-0.2, -0.15) is 0 Å². The van der Waals surface area contributed by atoms with Crippen LogP contribution in [0.4, 0.5) is 10.7 Å². The van der Waals surface area contributed by atoms with Crippen LogP contribution in [0.5, 0.6) is 0 Å². The highest BCUT2D eigenvalue weighted by molar-refractivity contribution is 7.91. The molecule has 7 nitrogen and oxygen atoms in total. The van der Waals surface area contributed by atoms with Crippen LogP contribution in [-0.2, 0) is 14.6 Å². The molecule has 0 radical (unpaired) electrons. The number of hydrogen-bond donors (Lipinski definition) is 3. The van der Waals surface area contributed by atoms with Crippen LogP contribution in [0.2, 0.25) is 0 Å². The molecule has 0 spiro atoms. The van der Waals surface area contributed by atoms with Gasteiger partial charge in [-0.1, -0.05) is 0 Å². The van der Waals surface area contributed by atoms with E-state index in [1.54, 1.807) is 0 Å². The highest BCUT2D eigenvalue weighted by Gasteiger charge is 2.27. The molecule has 0 bridgehead atoms. The predicted molar refractivity (Wildman–Crippen MR) is 82.7 cm³/mol. The zero-order valence-electron chi connectivity index (χ0n) is 11.9. The summed E-state index contributed by atoms with van der Waals surface area (Å²) in [4.78, 5) is 12.0. The van der Waals surface area contributed by atoms with Crippen LogP contribution in [0.3, 0.4) is 0 Å². The summed E-state index contributed by atoms with van der Waals surface area (Å²) in [5.74, 6) is -0.396. The van der Waals surface area contributed by atoms with Gasteiger partial charge in [0.25, 0.3) is 5.91 Å². The average Bonchev–Trinajstić information content (AvgIpc) is 3.02. The lowest BCUT2D eigenvalue weighted by Gasteiger charge is -2.11. The maximum Gasteiger partial charge on any atom is 0.263 e. The fraction of sp³-hybridized carbons (Fsp3) is 0.583. The number of rotatable bonds is 5. The second-order valence-corrected chi connectivity index (χ2v) is 7.84. The van der Waals surface area contributed by atoms with Crippen molar-refractivity contribution in [3.63, 3.8) is 0 Å². The monoisotopic (exact) mass is 333 g/mol. The summed E-state index contributed by atoms with van der Waals surface area (Å²) in [5, 5.41) is 5.90. The molecular weight excluding hydrogens is 314 g/mol. The molecule has 1 saturated heterocycles. The minimum atomic E-state index is -3.53. The summed E-state index contributed by atoms with van der Waals surface area (Å²) in [6.07, 6.45) is 3.08. The van der Waals surface area contributed by atoms with Crippen molar-refractivity contribution in [3.05, 3.63) is 4.88 Å². The molecule has 2 rings (SSSR count). The number of carbonyl (C=O) groups is 1. The smallest absolute Gasteiger partial charge is 0.263 e. The average molecular weight is 333 g/mol. The van der Waals surface area contributed by atoms with Crippen molar-refractivity contribution in [3.8, 4) is 0 Å². The van der Waals surface area contributed by atoms with Crippen molar-refractivity contribution in [2.24, 2.45) is 0 Å². The number of thiophene rings is 1. The van der Waals surface area contributed by atoms with Gasteiger partial charge >= 0.3 is 0 Å². The molecular formula is C12H19N3O4S2. The first kappa shape index (κ1) is 16.1. The summed E-state index contributed by atoms with van der Waals surface area (Å²) in [7, 11) is -2.06. The number of carbonyl (C=O) groups excluding carboxylic acids is 1. The third-order valence-corrected chi connectivity index (χ3v) is 5.67. The number of hydrogen-bond acceptors (Lipinski definition) is 7. The number of ether oxygens (including phenoxy) is 1. The molecule has 21 heavy (non-hydrogen) atoms. The Hall–Kier alpha value is -1.32. The molecule has 1 atom stereocenters.